The van der Waals surface area contributed by atoms with E-state index in [-0.39, 0.29) is 11.7 Å². The van der Waals surface area contributed by atoms with Crippen LogP contribution in [-0.2, 0) is 0 Å². The summed E-state index contributed by atoms with van der Waals surface area (Å²) in [6.45, 7) is 0. The first-order chi connectivity index (χ1) is 9.13. The smallest absolute Gasteiger partial charge is 0.374 e. The van der Waals surface area contributed by atoms with Crippen molar-refractivity contribution in [2.75, 3.05) is 5.43 Å². The van der Waals surface area contributed by atoms with E-state index >= 15 is 0 Å². The zero-order chi connectivity index (χ0) is 13.8. The van der Waals surface area contributed by atoms with Gasteiger partial charge in [-0.25, -0.2) is 10.8 Å². The first-order valence-corrected chi connectivity index (χ1v) is 6.09. The summed E-state index contributed by atoms with van der Waals surface area (Å²) >= 11 is 2.06. The van der Waals surface area contributed by atoms with Gasteiger partial charge in [0.05, 0.1) is 8.49 Å². The van der Waals surface area contributed by atoms with Gasteiger partial charge in [0, 0.05) is 0 Å². The first-order valence-electron chi connectivity index (χ1n) is 5.02. The fourth-order valence-corrected chi connectivity index (χ4v) is 1.84. The molecule has 0 bridgehead atoms. The summed E-state index contributed by atoms with van der Waals surface area (Å²) in [4.78, 5) is 17.8. The number of halogens is 1. The molecular weight excluding hydrogens is 365 g/mol. The average Bonchev–Trinajstić information content (AvgIpc) is 2.40. The summed E-state index contributed by atoms with van der Waals surface area (Å²) < 4.78 is 6.25. The third-order valence-electron chi connectivity index (χ3n) is 2.15. The number of nitro groups is 1. The number of nitrogens with one attached hydrogen (secondary N) is 1. The highest BCUT2D eigenvalue weighted by atomic mass is 127. The summed E-state index contributed by atoms with van der Waals surface area (Å²) in [7, 11) is 0. The molecule has 0 fully saturated rings. The molecule has 0 amide bonds. The van der Waals surface area contributed by atoms with E-state index in [2.05, 4.69) is 38.0 Å². The lowest BCUT2D eigenvalue weighted by Gasteiger charge is -2.08. The number of nitrogens with two attached hydrogens (primary N) is 1. The molecule has 1 aromatic heterocycles. The molecule has 0 saturated carbocycles. The monoisotopic (exact) mass is 373 g/mol. The van der Waals surface area contributed by atoms with E-state index in [0.717, 1.165) is 9.90 Å². The van der Waals surface area contributed by atoms with E-state index < -0.39 is 10.6 Å². The molecule has 0 unspecified atom stereocenters. The quantitative estimate of drug-likeness (QED) is 0.365. The maximum atomic E-state index is 11.0. The number of benzene rings is 1. The topological polar surface area (TPSA) is 116 Å². The van der Waals surface area contributed by atoms with Gasteiger partial charge in [-0.3, -0.25) is 10.1 Å². The normalized spacial score (nSPS) is 10.0. The second-order valence-electron chi connectivity index (χ2n) is 3.31. The third kappa shape index (κ3) is 2.88. The van der Waals surface area contributed by atoms with Crippen LogP contribution in [0.3, 0.4) is 0 Å². The molecule has 9 heteroatoms. The van der Waals surface area contributed by atoms with E-state index in [1.807, 2.05) is 12.1 Å². The molecule has 0 radical (unpaired) electrons. The maximum Gasteiger partial charge on any atom is 0.374 e. The van der Waals surface area contributed by atoms with Gasteiger partial charge in [-0.1, -0.05) is 12.1 Å². The van der Waals surface area contributed by atoms with Gasteiger partial charge in [0.1, 0.15) is 12.1 Å². The molecular formula is C10H8IN5O3. The van der Waals surface area contributed by atoms with Crippen LogP contribution in [0.2, 0.25) is 0 Å². The Labute approximate surface area is 121 Å². The number of aromatic nitrogens is 2. The lowest BCUT2D eigenvalue weighted by atomic mass is 10.3. The third-order valence-corrected chi connectivity index (χ3v) is 3.04. The molecule has 0 spiro atoms. The van der Waals surface area contributed by atoms with Crippen molar-refractivity contribution in [1.29, 1.82) is 0 Å². The molecule has 8 nitrogen and oxygen atoms in total. The fourth-order valence-electron chi connectivity index (χ4n) is 1.34. The van der Waals surface area contributed by atoms with Gasteiger partial charge in [-0.15, -0.1) is 0 Å². The molecule has 2 aromatic rings. The number of hydrogen-bond donors (Lipinski definition) is 2. The Kier molecular flexibility index (Phi) is 4.06. The number of hydrazine groups is 1. The molecule has 19 heavy (non-hydrogen) atoms. The minimum absolute atomic E-state index is 0.110. The van der Waals surface area contributed by atoms with Crippen molar-refractivity contribution in [3.05, 3.63) is 44.3 Å². The second-order valence-corrected chi connectivity index (χ2v) is 4.47. The van der Waals surface area contributed by atoms with Crippen molar-refractivity contribution in [3.63, 3.8) is 0 Å². The lowest BCUT2D eigenvalue weighted by Crippen LogP contribution is -2.12. The van der Waals surface area contributed by atoms with Crippen LogP contribution in [0.5, 0.6) is 11.6 Å². The molecule has 2 rings (SSSR count). The number of ether oxygens (including phenoxy) is 1. The molecule has 0 saturated heterocycles. The average molecular weight is 373 g/mol. The molecule has 0 aliphatic carbocycles. The Balaban J connectivity index is 2.46. The van der Waals surface area contributed by atoms with E-state index in [4.69, 9.17) is 10.6 Å². The SMILES string of the molecule is NNc1ncnc(Oc2ccccc2I)c1[N+](=O)[O-]. The van der Waals surface area contributed by atoms with Crippen molar-refractivity contribution in [2.45, 2.75) is 0 Å². The van der Waals surface area contributed by atoms with Crippen LogP contribution in [0.4, 0.5) is 11.5 Å². The number of rotatable bonds is 4. The van der Waals surface area contributed by atoms with Crippen LogP contribution in [0.25, 0.3) is 0 Å². The number of hydrogen-bond acceptors (Lipinski definition) is 7. The van der Waals surface area contributed by atoms with Crippen LogP contribution in [0.15, 0.2) is 30.6 Å². The van der Waals surface area contributed by atoms with E-state index in [9.17, 15) is 10.1 Å². The predicted molar refractivity (Wildman–Crippen MR) is 75.7 cm³/mol. The Bertz CT molecular complexity index is 622. The maximum absolute atomic E-state index is 11.0. The van der Waals surface area contributed by atoms with Crippen molar-refractivity contribution < 1.29 is 9.66 Å². The van der Waals surface area contributed by atoms with Crippen LogP contribution >= 0.6 is 22.6 Å². The zero-order valence-electron chi connectivity index (χ0n) is 9.41. The van der Waals surface area contributed by atoms with Gasteiger partial charge in [0.2, 0.25) is 5.82 Å². The Morgan fingerprint density at radius 1 is 1.37 bits per heavy atom. The van der Waals surface area contributed by atoms with E-state index in [0.29, 0.717) is 5.75 Å². The van der Waals surface area contributed by atoms with Gasteiger partial charge < -0.3 is 10.2 Å². The van der Waals surface area contributed by atoms with E-state index in [1.54, 1.807) is 12.1 Å². The number of nitrogen functional groups attached to an aromatic ring is 1. The second kappa shape index (κ2) is 5.75. The Morgan fingerprint density at radius 3 is 2.74 bits per heavy atom. The van der Waals surface area contributed by atoms with Crippen LogP contribution < -0.4 is 16.0 Å². The molecule has 1 aromatic carbocycles. The minimum Gasteiger partial charge on any atom is -0.432 e. The summed E-state index contributed by atoms with van der Waals surface area (Å²) in [5.74, 6) is 5.36. The highest BCUT2D eigenvalue weighted by Crippen LogP contribution is 2.34. The van der Waals surface area contributed by atoms with Gasteiger partial charge in [0.25, 0.3) is 0 Å². The highest BCUT2D eigenvalue weighted by molar-refractivity contribution is 14.1. The standard InChI is InChI=1S/C10H8IN5O3/c11-6-3-1-2-4-7(6)19-10-8(16(17)18)9(15-12)13-5-14-10/h1-5H,12H2,(H,13,14,15). The van der Waals surface area contributed by atoms with Crippen molar-refractivity contribution >= 4 is 34.1 Å². The number of nitrogens with zero attached hydrogens (tertiary/aromatic N) is 3. The van der Waals surface area contributed by atoms with Crippen LogP contribution in [0.1, 0.15) is 0 Å². The molecule has 98 valence electrons. The summed E-state index contributed by atoms with van der Waals surface area (Å²) in [5, 5.41) is 11.0. The van der Waals surface area contributed by atoms with Gasteiger partial charge in [0.15, 0.2) is 0 Å². The minimum atomic E-state index is -0.652. The first kappa shape index (κ1) is 13.4. The largest absolute Gasteiger partial charge is 0.432 e. The van der Waals surface area contributed by atoms with Gasteiger partial charge in [-0.2, -0.15) is 4.98 Å². The highest BCUT2D eigenvalue weighted by Gasteiger charge is 2.24. The predicted octanol–water partition coefficient (Wildman–Crippen LogP) is 2.07. The number of anilines is 1. The Morgan fingerprint density at radius 2 is 2.11 bits per heavy atom. The summed E-state index contributed by atoms with van der Waals surface area (Å²) in [6.07, 6.45) is 1.13. The molecule has 1 heterocycles. The van der Waals surface area contributed by atoms with Crippen molar-refractivity contribution in [2.24, 2.45) is 5.84 Å². The van der Waals surface area contributed by atoms with Crippen molar-refractivity contribution in [3.8, 4) is 11.6 Å². The molecule has 0 aliphatic heterocycles. The van der Waals surface area contributed by atoms with Gasteiger partial charge >= 0.3 is 11.6 Å². The van der Waals surface area contributed by atoms with Crippen LogP contribution in [-0.4, -0.2) is 14.9 Å². The fraction of sp³-hybridized carbons (Fsp3) is 0. The lowest BCUT2D eigenvalue weighted by molar-refractivity contribution is -0.385. The summed E-state index contributed by atoms with van der Waals surface area (Å²) in [5.41, 5.74) is 1.73. The zero-order valence-corrected chi connectivity index (χ0v) is 11.6. The summed E-state index contributed by atoms with van der Waals surface area (Å²) in [6, 6.07) is 7.08. The van der Waals surface area contributed by atoms with E-state index in [1.165, 1.54) is 0 Å². The van der Waals surface area contributed by atoms with Crippen molar-refractivity contribution in [1.82, 2.24) is 9.97 Å². The van der Waals surface area contributed by atoms with Gasteiger partial charge in [-0.05, 0) is 34.7 Å². The molecule has 0 aliphatic rings. The molecule has 3 N–H and O–H groups in total. The molecule has 0 atom stereocenters. The number of para-hydroxylation sites is 1. The van der Waals surface area contributed by atoms with Crippen LogP contribution in [0, 0.1) is 13.7 Å². The Hall–Kier alpha value is -2.01.